The Morgan fingerprint density at radius 2 is 2.05 bits per heavy atom. The highest BCUT2D eigenvalue weighted by atomic mass is 32.1. The Kier molecular flexibility index (Phi) is 3.56. The van der Waals surface area contributed by atoms with Gasteiger partial charge in [-0.25, -0.2) is 9.97 Å². The molecule has 3 rings (SSSR count). The Bertz CT molecular complexity index is 616. The Morgan fingerprint density at radius 3 is 2.84 bits per heavy atom. The Hall–Kier alpha value is -2.14. The van der Waals surface area contributed by atoms with Crippen LogP contribution in [-0.4, -0.2) is 21.5 Å². The topological polar surface area (TPSA) is 53.6 Å². The molecular weight excluding hydrogens is 256 g/mol. The van der Waals surface area contributed by atoms with E-state index >= 15 is 0 Å². The summed E-state index contributed by atoms with van der Waals surface area (Å²) in [5.74, 6) is 0. The summed E-state index contributed by atoms with van der Waals surface area (Å²) in [5, 5.41) is 4.29. The number of rotatable bonds is 5. The second-order valence-electron chi connectivity index (χ2n) is 4.15. The number of benzene rings is 1. The van der Waals surface area contributed by atoms with Crippen LogP contribution < -0.4 is 5.32 Å². The lowest BCUT2D eigenvalue weighted by Gasteiger charge is -2.00. The van der Waals surface area contributed by atoms with Crippen molar-refractivity contribution >= 4 is 16.5 Å². The third-order valence-corrected chi connectivity index (χ3v) is 3.79. The number of aromatic amines is 1. The van der Waals surface area contributed by atoms with E-state index in [0.717, 1.165) is 23.8 Å². The van der Waals surface area contributed by atoms with Crippen LogP contribution in [0.25, 0.3) is 10.4 Å². The number of nitrogens with one attached hydrogen (secondary N) is 2. The molecule has 0 aliphatic rings. The minimum absolute atomic E-state index is 0.851. The van der Waals surface area contributed by atoms with Gasteiger partial charge in [-0.3, -0.25) is 0 Å². The van der Waals surface area contributed by atoms with E-state index in [-0.39, 0.29) is 0 Å². The predicted octanol–water partition coefficient (Wildman–Crippen LogP) is 3.19. The molecule has 0 radical (unpaired) electrons. The van der Waals surface area contributed by atoms with Crippen LogP contribution in [0.15, 0.2) is 49.1 Å². The molecule has 0 saturated heterocycles. The lowest BCUT2D eigenvalue weighted by Crippen LogP contribution is -2.04. The third kappa shape index (κ3) is 3.00. The van der Waals surface area contributed by atoms with Gasteiger partial charge < -0.3 is 10.3 Å². The van der Waals surface area contributed by atoms with Gasteiger partial charge in [0.15, 0.2) is 5.13 Å². The van der Waals surface area contributed by atoms with Crippen LogP contribution in [0.4, 0.5) is 5.13 Å². The maximum Gasteiger partial charge on any atom is 0.183 e. The molecule has 0 fully saturated rings. The van der Waals surface area contributed by atoms with Gasteiger partial charge in [-0.15, -0.1) is 0 Å². The Balaban J connectivity index is 1.59. The van der Waals surface area contributed by atoms with Gasteiger partial charge in [-0.05, 0) is 5.56 Å². The highest BCUT2D eigenvalue weighted by Crippen LogP contribution is 2.28. The van der Waals surface area contributed by atoms with Gasteiger partial charge in [0, 0.05) is 31.1 Å². The smallest absolute Gasteiger partial charge is 0.183 e. The van der Waals surface area contributed by atoms with E-state index in [4.69, 9.17) is 0 Å². The summed E-state index contributed by atoms with van der Waals surface area (Å²) >= 11 is 1.68. The van der Waals surface area contributed by atoms with E-state index in [2.05, 4.69) is 32.4 Å². The van der Waals surface area contributed by atoms with Gasteiger partial charge in [0.2, 0.25) is 0 Å². The largest absolute Gasteiger partial charge is 0.361 e. The van der Waals surface area contributed by atoms with Crippen molar-refractivity contribution in [2.45, 2.75) is 6.42 Å². The molecule has 0 spiro atoms. The van der Waals surface area contributed by atoms with Crippen LogP contribution in [0.3, 0.4) is 0 Å². The molecule has 0 saturated carbocycles. The summed E-state index contributed by atoms with van der Waals surface area (Å²) in [7, 11) is 0. The number of nitrogens with zero attached hydrogens (tertiary/aromatic N) is 2. The van der Waals surface area contributed by atoms with Gasteiger partial charge in [0.25, 0.3) is 0 Å². The minimum Gasteiger partial charge on any atom is -0.361 e. The summed E-state index contributed by atoms with van der Waals surface area (Å²) in [6.07, 6.45) is 6.38. The van der Waals surface area contributed by atoms with Crippen molar-refractivity contribution in [3.63, 3.8) is 0 Å². The first kappa shape index (κ1) is 11.9. The number of aromatic nitrogens is 3. The van der Waals surface area contributed by atoms with Crippen LogP contribution >= 0.6 is 11.3 Å². The van der Waals surface area contributed by atoms with E-state index < -0.39 is 0 Å². The zero-order chi connectivity index (χ0) is 12.9. The molecule has 2 aromatic heterocycles. The van der Waals surface area contributed by atoms with Gasteiger partial charge in [0.05, 0.1) is 11.2 Å². The zero-order valence-electron chi connectivity index (χ0n) is 10.3. The lowest BCUT2D eigenvalue weighted by molar-refractivity contribution is 0.974. The molecule has 2 N–H and O–H groups in total. The molecule has 0 unspecified atom stereocenters. The maximum absolute atomic E-state index is 4.39. The molecular formula is C14H14N4S. The number of thiazole rings is 1. The standard InChI is InChI=1S/C14H14N4S/c1-2-4-11(5-3-1)13-9-17-14(19-13)16-7-6-12-8-15-10-18-12/h1-5,8-10H,6-7H2,(H,15,18)(H,16,17). The fraction of sp³-hybridized carbons (Fsp3) is 0.143. The normalized spacial score (nSPS) is 10.5. The van der Waals surface area contributed by atoms with Gasteiger partial charge in [-0.2, -0.15) is 0 Å². The average molecular weight is 270 g/mol. The molecule has 0 aliphatic heterocycles. The number of imidazole rings is 1. The zero-order valence-corrected chi connectivity index (χ0v) is 11.2. The molecule has 4 nitrogen and oxygen atoms in total. The summed E-state index contributed by atoms with van der Waals surface area (Å²) in [4.78, 5) is 12.7. The van der Waals surface area contributed by atoms with Crippen molar-refractivity contribution in [3.05, 3.63) is 54.7 Å². The van der Waals surface area contributed by atoms with Gasteiger partial charge >= 0.3 is 0 Å². The monoisotopic (exact) mass is 270 g/mol. The van der Waals surface area contributed by atoms with Crippen molar-refractivity contribution in [2.75, 3.05) is 11.9 Å². The number of H-pyrrole nitrogens is 1. The first-order valence-corrected chi connectivity index (χ1v) is 6.96. The van der Waals surface area contributed by atoms with Crippen molar-refractivity contribution in [1.29, 1.82) is 0 Å². The van der Waals surface area contributed by atoms with E-state index in [0.29, 0.717) is 0 Å². The fourth-order valence-corrected chi connectivity index (χ4v) is 2.66. The second kappa shape index (κ2) is 5.67. The maximum atomic E-state index is 4.39. The van der Waals surface area contributed by atoms with Crippen molar-refractivity contribution in [3.8, 4) is 10.4 Å². The average Bonchev–Trinajstić information content (AvgIpc) is 3.11. The van der Waals surface area contributed by atoms with Crippen LogP contribution in [-0.2, 0) is 6.42 Å². The second-order valence-corrected chi connectivity index (χ2v) is 5.18. The molecule has 0 amide bonds. The lowest BCUT2D eigenvalue weighted by atomic mass is 10.2. The van der Waals surface area contributed by atoms with Crippen LogP contribution in [0.2, 0.25) is 0 Å². The van der Waals surface area contributed by atoms with Crippen molar-refractivity contribution < 1.29 is 0 Å². The van der Waals surface area contributed by atoms with Crippen LogP contribution in [0.1, 0.15) is 5.69 Å². The van der Waals surface area contributed by atoms with Gasteiger partial charge in [0.1, 0.15) is 0 Å². The summed E-state index contributed by atoms with van der Waals surface area (Å²) in [6, 6.07) is 10.3. The number of hydrogen-bond acceptors (Lipinski definition) is 4. The number of anilines is 1. The quantitative estimate of drug-likeness (QED) is 0.748. The van der Waals surface area contributed by atoms with E-state index in [1.54, 1.807) is 17.7 Å². The first-order chi connectivity index (χ1) is 9.42. The van der Waals surface area contributed by atoms with Crippen molar-refractivity contribution in [2.24, 2.45) is 0 Å². The van der Waals surface area contributed by atoms with E-state index in [9.17, 15) is 0 Å². The molecule has 0 bridgehead atoms. The summed E-state index contributed by atoms with van der Waals surface area (Å²) in [5.41, 5.74) is 2.34. The molecule has 1 aromatic carbocycles. The molecule has 19 heavy (non-hydrogen) atoms. The number of hydrogen-bond donors (Lipinski definition) is 2. The molecule has 3 aromatic rings. The third-order valence-electron chi connectivity index (χ3n) is 2.79. The van der Waals surface area contributed by atoms with E-state index in [1.807, 2.05) is 30.6 Å². The van der Waals surface area contributed by atoms with Crippen LogP contribution in [0, 0.1) is 0 Å². The summed E-state index contributed by atoms with van der Waals surface area (Å²) in [6.45, 7) is 0.851. The molecule has 0 aliphatic carbocycles. The molecule has 96 valence electrons. The molecule has 0 atom stereocenters. The molecule has 5 heteroatoms. The van der Waals surface area contributed by atoms with Crippen LogP contribution in [0.5, 0.6) is 0 Å². The highest BCUT2D eigenvalue weighted by Gasteiger charge is 2.03. The highest BCUT2D eigenvalue weighted by molar-refractivity contribution is 7.18. The molecule has 2 heterocycles. The fourth-order valence-electron chi connectivity index (χ4n) is 1.82. The SMILES string of the molecule is c1ccc(-c2cnc(NCCc3cnc[nH]3)s2)cc1. The summed E-state index contributed by atoms with van der Waals surface area (Å²) < 4.78 is 0. The minimum atomic E-state index is 0.851. The predicted molar refractivity (Wildman–Crippen MR) is 78.3 cm³/mol. The first-order valence-electron chi connectivity index (χ1n) is 6.14. The Morgan fingerprint density at radius 1 is 1.16 bits per heavy atom. The van der Waals surface area contributed by atoms with E-state index in [1.165, 1.54) is 10.4 Å². The van der Waals surface area contributed by atoms with Gasteiger partial charge in [-0.1, -0.05) is 41.7 Å². The Labute approximate surface area is 115 Å². The van der Waals surface area contributed by atoms with Crippen molar-refractivity contribution in [1.82, 2.24) is 15.0 Å².